The van der Waals surface area contributed by atoms with Gasteiger partial charge in [-0.25, -0.2) is 4.98 Å². The lowest BCUT2D eigenvalue weighted by molar-refractivity contribution is 0.324. The number of benzene rings is 3. The SMILES string of the molecule is COc1cc(OC)c2sc(-c3ccc(-n4cnnc4-c4cc(OC)c(OC)c(OC)c4)cc3)nc2c1. The molecule has 0 saturated carbocycles. The van der Waals surface area contributed by atoms with E-state index in [1.54, 1.807) is 53.2 Å². The largest absolute Gasteiger partial charge is 0.497 e. The van der Waals surface area contributed by atoms with Crippen LogP contribution in [0.5, 0.6) is 28.7 Å². The normalized spacial score (nSPS) is 10.9. The van der Waals surface area contributed by atoms with Crippen LogP contribution < -0.4 is 23.7 Å². The molecule has 0 radical (unpaired) electrons. The van der Waals surface area contributed by atoms with Crippen LogP contribution in [-0.4, -0.2) is 55.3 Å². The zero-order valence-corrected chi connectivity index (χ0v) is 21.3. The molecule has 0 saturated heterocycles. The van der Waals surface area contributed by atoms with Gasteiger partial charge in [0.05, 0.1) is 45.8 Å². The fourth-order valence-electron chi connectivity index (χ4n) is 3.97. The van der Waals surface area contributed by atoms with Crippen molar-refractivity contribution in [2.45, 2.75) is 0 Å². The zero-order valence-electron chi connectivity index (χ0n) is 20.4. The Labute approximate surface area is 211 Å². The van der Waals surface area contributed by atoms with E-state index >= 15 is 0 Å². The van der Waals surface area contributed by atoms with E-state index in [2.05, 4.69) is 10.2 Å². The van der Waals surface area contributed by atoms with Crippen LogP contribution >= 0.6 is 11.3 Å². The maximum atomic E-state index is 5.54. The quantitative estimate of drug-likeness (QED) is 0.283. The van der Waals surface area contributed by atoms with E-state index in [0.717, 1.165) is 37.8 Å². The first-order valence-electron chi connectivity index (χ1n) is 10.9. The van der Waals surface area contributed by atoms with Crippen LogP contribution in [0.2, 0.25) is 0 Å². The second kappa shape index (κ2) is 9.74. The molecule has 184 valence electrons. The van der Waals surface area contributed by atoms with Crippen LogP contribution in [0.3, 0.4) is 0 Å². The van der Waals surface area contributed by atoms with Gasteiger partial charge in [0.15, 0.2) is 17.3 Å². The lowest BCUT2D eigenvalue weighted by Gasteiger charge is -2.14. The molecule has 0 aliphatic heterocycles. The first-order valence-corrected chi connectivity index (χ1v) is 11.8. The van der Waals surface area contributed by atoms with Gasteiger partial charge in [-0.2, -0.15) is 0 Å². The third-order valence-corrected chi connectivity index (χ3v) is 6.88. The molecule has 5 aromatic rings. The number of hydrogen-bond donors (Lipinski definition) is 0. The maximum absolute atomic E-state index is 5.54. The summed E-state index contributed by atoms with van der Waals surface area (Å²) in [5.41, 5.74) is 3.49. The van der Waals surface area contributed by atoms with Crippen LogP contribution in [-0.2, 0) is 0 Å². The van der Waals surface area contributed by atoms with Gasteiger partial charge in [-0.05, 0) is 36.4 Å². The molecule has 0 atom stereocenters. The lowest BCUT2D eigenvalue weighted by atomic mass is 10.1. The van der Waals surface area contributed by atoms with E-state index in [1.165, 1.54) is 0 Å². The van der Waals surface area contributed by atoms with Crippen molar-refractivity contribution < 1.29 is 23.7 Å². The molecule has 3 aromatic carbocycles. The summed E-state index contributed by atoms with van der Waals surface area (Å²) >= 11 is 1.57. The number of hydrogen-bond acceptors (Lipinski definition) is 9. The summed E-state index contributed by atoms with van der Waals surface area (Å²) in [5, 5.41) is 9.36. The van der Waals surface area contributed by atoms with Crippen molar-refractivity contribution in [2.24, 2.45) is 0 Å². The molecule has 0 fully saturated rings. The number of rotatable bonds is 8. The minimum Gasteiger partial charge on any atom is -0.497 e. The van der Waals surface area contributed by atoms with E-state index in [4.69, 9.17) is 28.7 Å². The average molecular weight is 505 g/mol. The van der Waals surface area contributed by atoms with E-state index in [9.17, 15) is 0 Å². The van der Waals surface area contributed by atoms with Gasteiger partial charge >= 0.3 is 0 Å². The minimum atomic E-state index is 0.518. The highest BCUT2D eigenvalue weighted by atomic mass is 32.1. The smallest absolute Gasteiger partial charge is 0.203 e. The van der Waals surface area contributed by atoms with Crippen LogP contribution in [0, 0.1) is 0 Å². The van der Waals surface area contributed by atoms with Gasteiger partial charge in [0.25, 0.3) is 0 Å². The number of fused-ring (bicyclic) bond motifs is 1. The Morgan fingerprint density at radius 3 is 2.03 bits per heavy atom. The average Bonchev–Trinajstić information content (AvgIpc) is 3.59. The Bertz CT molecular complexity index is 1500. The number of thiazole rings is 1. The van der Waals surface area contributed by atoms with E-state index < -0.39 is 0 Å². The Morgan fingerprint density at radius 1 is 0.722 bits per heavy atom. The molecular weight excluding hydrogens is 480 g/mol. The van der Waals surface area contributed by atoms with Crippen molar-refractivity contribution in [2.75, 3.05) is 35.5 Å². The van der Waals surface area contributed by atoms with Crippen molar-refractivity contribution in [1.82, 2.24) is 19.7 Å². The van der Waals surface area contributed by atoms with Crippen LogP contribution in [0.4, 0.5) is 0 Å². The summed E-state index contributed by atoms with van der Waals surface area (Å²) < 4.78 is 30.2. The predicted molar refractivity (Wildman–Crippen MR) is 138 cm³/mol. The number of ether oxygens (including phenoxy) is 5. The van der Waals surface area contributed by atoms with Crippen LogP contribution in [0.15, 0.2) is 54.9 Å². The summed E-state index contributed by atoms with van der Waals surface area (Å²) in [4.78, 5) is 4.80. The molecular formula is C26H24N4O5S. The molecule has 0 bridgehead atoms. The second-order valence-corrected chi connectivity index (χ2v) is 8.68. The third kappa shape index (κ3) is 4.05. The van der Waals surface area contributed by atoms with Gasteiger partial charge in [0.2, 0.25) is 5.75 Å². The summed E-state index contributed by atoms with van der Waals surface area (Å²) in [7, 11) is 8.01. The number of nitrogens with zero attached hydrogens (tertiary/aromatic N) is 4. The van der Waals surface area contributed by atoms with Gasteiger partial charge in [0, 0.05) is 28.9 Å². The van der Waals surface area contributed by atoms with Crippen molar-refractivity contribution in [1.29, 1.82) is 0 Å². The standard InChI is InChI=1S/C26H24N4O5S/c1-31-18-12-19-24(22(13-18)34-4)36-26(28-19)15-6-8-17(9-7-15)30-14-27-29-25(30)16-10-20(32-2)23(35-5)21(11-16)33-3/h6-14H,1-5H3. The molecule has 2 aromatic heterocycles. The summed E-state index contributed by atoms with van der Waals surface area (Å²) in [6.45, 7) is 0. The van der Waals surface area contributed by atoms with Crippen molar-refractivity contribution in [3.63, 3.8) is 0 Å². The van der Waals surface area contributed by atoms with Gasteiger partial charge in [-0.3, -0.25) is 4.57 Å². The van der Waals surface area contributed by atoms with Gasteiger partial charge in [0.1, 0.15) is 22.8 Å². The second-order valence-electron chi connectivity index (χ2n) is 7.68. The molecule has 0 aliphatic rings. The van der Waals surface area contributed by atoms with Gasteiger partial charge in [-0.1, -0.05) is 0 Å². The first kappa shape index (κ1) is 23.4. The van der Waals surface area contributed by atoms with E-state index in [-0.39, 0.29) is 0 Å². The van der Waals surface area contributed by atoms with E-state index in [0.29, 0.717) is 28.8 Å². The van der Waals surface area contributed by atoms with E-state index in [1.807, 2.05) is 53.1 Å². The summed E-state index contributed by atoms with van der Waals surface area (Å²) in [6, 6.07) is 15.5. The highest BCUT2D eigenvalue weighted by Gasteiger charge is 2.18. The third-order valence-electron chi connectivity index (χ3n) is 5.75. The molecule has 0 spiro atoms. The molecule has 0 unspecified atom stereocenters. The fraction of sp³-hybridized carbons (Fsp3) is 0.192. The highest BCUT2D eigenvalue weighted by Crippen LogP contribution is 2.41. The molecule has 0 aliphatic carbocycles. The Kier molecular flexibility index (Phi) is 6.34. The highest BCUT2D eigenvalue weighted by molar-refractivity contribution is 7.22. The van der Waals surface area contributed by atoms with Crippen molar-refractivity contribution in [3.8, 4) is 56.4 Å². The fourth-order valence-corrected chi connectivity index (χ4v) is 5.01. The van der Waals surface area contributed by atoms with Gasteiger partial charge < -0.3 is 23.7 Å². The molecule has 0 amide bonds. The van der Waals surface area contributed by atoms with Crippen LogP contribution in [0.1, 0.15) is 0 Å². The van der Waals surface area contributed by atoms with Gasteiger partial charge in [-0.15, -0.1) is 21.5 Å². The summed E-state index contributed by atoms with van der Waals surface area (Å²) in [6.07, 6.45) is 1.67. The number of aromatic nitrogens is 4. The topological polar surface area (TPSA) is 89.8 Å². The Hall–Kier alpha value is -4.31. The monoisotopic (exact) mass is 504 g/mol. The summed E-state index contributed by atoms with van der Waals surface area (Å²) in [5.74, 6) is 3.69. The molecule has 10 heteroatoms. The maximum Gasteiger partial charge on any atom is 0.203 e. The lowest BCUT2D eigenvalue weighted by Crippen LogP contribution is -1.99. The Balaban J connectivity index is 1.51. The molecule has 9 nitrogen and oxygen atoms in total. The van der Waals surface area contributed by atoms with Crippen LogP contribution in [0.25, 0.3) is 37.9 Å². The van der Waals surface area contributed by atoms with Crippen molar-refractivity contribution in [3.05, 3.63) is 54.9 Å². The first-order chi connectivity index (χ1) is 17.6. The molecule has 2 heterocycles. The number of methoxy groups -OCH3 is 5. The minimum absolute atomic E-state index is 0.518. The molecule has 36 heavy (non-hydrogen) atoms. The molecule has 0 N–H and O–H groups in total. The zero-order chi connectivity index (χ0) is 25.2. The van der Waals surface area contributed by atoms with Crippen molar-refractivity contribution >= 4 is 21.6 Å². The Morgan fingerprint density at radius 2 is 1.42 bits per heavy atom. The predicted octanol–water partition coefficient (Wildman–Crippen LogP) is 5.25. The molecule has 5 rings (SSSR count).